The zero-order chi connectivity index (χ0) is 35.6. The number of para-hydroxylation sites is 5. The molecule has 0 saturated carbocycles. The molecule has 0 radical (unpaired) electrons. The zero-order valence-corrected chi connectivity index (χ0v) is 29.1. The van der Waals surface area contributed by atoms with Crippen LogP contribution in [0, 0.1) is 0 Å². The van der Waals surface area contributed by atoms with Gasteiger partial charge in [0.15, 0.2) is 5.58 Å². The third-order valence-electron chi connectivity index (χ3n) is 10.4. The first-order valence-electron chi connectivity index (χ1n) is 18.1. The normalized spacial score (nSPS) is 11.7. The predicted molar refractivity (Wildman–Crippen MR) is 221 cm³/mol. The van der Waals surface area contributed by atoms with Gasteiger partial charge in [0.05, 0.1) is 16.7 Å². The highest BCUT2D eigenvalue weighted by molar-refractivity contribution is 6.16. The molecule has 0 bridgehead atoms. The average Bonchev–Trinajstić information content (AvgIpc) is 3.93. The van der Waals surface area contributed by atoms with Crippen molar-refractivity contribution in [3.05, 3.63) is 188 Å². The van der Waals surface area contributed by atoms with E-state index in [0.717, 1.165) is 94.3 Å². The van der Waals surface area contributed by atoms with Crippen molar-refractivity contribution in [2.75, 3.05) is 4.90 Å². The molecule has 0 saturated heterocycles. The van der Waals surface area contributed by atoms with Crippen LogP contribution in [0.4, 0.5) is 17.1 Å². The summed E-state index contributed by atoms with van der Waals surface area (Å²) in [5.74, 6) is 0.608. The van der Waals surface area contributed by atoms with Gasteiger partial charge in [0.2, 0.25) is 5.89 Å². The summed E-state index contributed by atoms with van der Waals surface area (Å²) in [7, 11) is 0. The van der Waals surface area contributed by atoms with Crippen LogP contribution in [0.3, 0.4) is 0 Å². The van der Waals surface area contributed by atoms with E-state index in [9.17, 15) is 0 Å². The molecule has 11 rings (SSSR count). The third kappa shape index (κ3) is 4.76. The Bertz CT molecular complexity index is 3140. The molecule has 0 spiro atoms. The number of nitrogens with zero attached hydrogens (tertiary/aromatic N) is 3. The van der Waals surface area contributed by atoms with Gasteiger partial charge >= 0.3 is 0 Å². The lowest BCUT2D eigenvalue weighted by molar-refractivity contribution is 0.620. The van der Waals surface area contributed by atoms with Gasteiger partial charge in [-0.05, 0) is 84.4 Å². The Kier molecular flexibility index (Phi) is 6.79. The van der Waals surface area contributed by atoms with E-state index >= 15 is 0 Å². The van der Waals surface area contributed by atoms with Gasteiger partial charge in [0, 0.05) is 49.7 Å². The standard InChI is InChI=1S/C49H31N3O2/c1-3-14-32(15-4-1)36-18-7-10-22-42(36)51(34-27-29-46-40(30-34)37-19-8-11-24-45(37)53-46)35-26-28-38-44(31-35)52(33-16-5-2-6-17-33)43-23-13-20-39(48(38)43)49-50-41-21-9-12-25-47(41)54-49/h1-31H. The molecule has 5 heteroatoms. The average molecular weight is 694 g/mol. The maximum Gasteiger partial charge on any atom is 0.228 e. The van der Waals surface area contributed by atoms with Crippen LogP contribution in [0.15, 0.2) is 197 Å². The van der Waals surface area contributed by atoms with E-state index in [1.54, 1.807) is 0 Å². The Morgan fingerprint density at radius 1 is 0.444 bits per heavy atom. The Morgan fingerprint density at radius 2 is 1.13 bits per heavy atom. The largest absolute Gasteiger partial charge is 0.456 e. The van der Waals surface area contributed by atoms with Crippen LogP contribution in [0.2, 0.25) is 0 Å². The van der Waals surface area contributed by atoms with E-state index in [1.807, 2.05) is 36.4 Å². The minimum absolute atomic E-state index is 0.608. The minimum atomic E-state index is 0.608. The molecule has 3 heterocycles. The molecule has 0 aliphatic heterocycles. The molecule has 0 unspecified atom stereocenters. The number of rotatable bonds is 6. The molecule has 54 heavy (non-hydrogen) atoms. The van der Waals surface area contributed by atoms with Gasteiger partial charge in [-0.2, -0.15) is 0 Å². The molecular weight excluding hydrogens is 663 g/mol. The maximum absolute atomic E-state index is 6.38. The van der Waals surface area contributed by atoms with Crippen molar-refractivity contribution in [1.29, 1.82) is 0 Å². The minimum Gasteiger partial charge on any atom is -0.456 e. The number of aromatic nitrogens is 2. The molecule has 0 fully saturated rings. The summed E-state index contributed by atoms with van der Waals surface area (Å²) in [6.45, 7) is 0. The van der Waals surface area contributed by atoms with Gasteiger partial charge in [0.25, 0.3) is 0 Å². The van der Waals surface area contributed by atoms with Gasteiger partial charge in [-0.15, -0.1) is 0 Å². The zero-order valence-electron chi connectivity index (χ0n) is 29.1. The summed E-state index contributed by atoms with van der Waals surface area (Å²) in [4.78, 5) is 7.31. The second-order valence-electron chi connectivity index (χ2n) is 13.6. The third-order valence-corrected chi connectivity index (χ3v) is 10.4. The fourth-order valence-corrected chi connectivity index (χ4v) is 8.03. The van der Waals surface area contributed by atoms with Crippen molar-refractivity contribution >= 4 is 71.9 Å². The lowest BCUT2D eigenvalue weighted by Crippen LogP contribution is -2.11. The Hall–Kier alpha value is -7.37. The smallest absolute Gasteiger partial charge is 0.228 e. The van der Waals surface area contributed by atoms with E-state index in [0.29, 0.717) is 5.89 Å². The summed E-state index contributed by atoms with van der Waals surface area (Å²) in [6, 6.07) is 65.7. The fourth-order valence-electron chi connectivity index (χ4n) is 8.03. The number of fused-ring (bicyclic) bond motifs is 7. The molecule has 0 amide bonds. The van der Waals surface area contributed by atoms with E-state index < -0.39 is 0 Å². The van der Waals surface area contributed by atoms with Gasteiger partial charge < -0.3 is 18.3 Å². The fraction of sp³-hybridized carbons (Fsp3) is 0. The van der Waals surface area contributed by atoms with Crippen molar-refractivity contribution in [1.82, 2.24) is 9.55 Å². The first-order valence-corrected chi connectivity index (χ1v) is 18.1. The predicted octanol–water partition coefficient (Wildman–Crippen LogP) is 13.6. The number of hydrogen-bond acceptors (Lipinski definition) is 4. The second kappa shape index (κ2) is 12.1. The van der Waals surface area contributed by atoms with E-state index in [4.69, 9.17) is 13.8 Å². The van der Waals surface area contributed by atoms with Crippen LogP contribution in [-0.4, -0.2) is 9.55 Å². The first-order chi connectivity index (χ1) is 26.8. The van der Waals surface area contributed by atoms with E-state index in [-0.39, 0.29) is 0 Å². The van der Waals surface area contributed by atoms with Gasteiger partial charge in [-0.3, -0.25) is 0 Å². The van der Waals surface area contributed by atoms with Crippen LogP contribution in [0.5, 0.6) is 0 Å². The molecule has 5 nitrogen and oxygen atoms in total. The number of oxazole rings is 1. The van der Waals surface area contributed by atoms with Crippen LogP contribution < -0.4 is 4.90 Å². The van der Waals surface area contributed by atoms with Gasteiger partial charge in [0.1, 0.15) is 16.7 Å². The molecule has 3 aromatic heterocycles. The molecule has 254 valence electrons. The Balaban J connectivity index is 1.20. The summed E-state index contributed by atoms with van der Waals surface area (Å²) >= 11 is 0. The summed E-state index contributed by atoms with van der Waals surface area (Å²) in [5, 5.41) is 4.38. The number of benzene rings is 8. The van der Waals surface area contributed by atoms with Crippen molar-refractivity contribution in [2.45, 2.75) is 0 Å². The van der Waals surface area contributed by atoms with E-state index in [1.165, 1.54) is 0 Å². The molecule has 0 aliphatic rings. The molecule has 8 aromatic carbocycles. The highest BCUT2D eigenvalue weighted by Crippen LogP contribution is 2.46. The Morgan fingerprint density at radius 3 is 2.00 bits per heavy atom. The molecular formula is C49H31N3O2. The summed E-state index contributed by atoms with van der Waals surface area (Å²) in [5.41, 5.74) is 13.0. The lowest BCUT2D eigenvalue weighted by Gasteiger charge is -2.28. The van der Waals surface area contributed by atoms with Crippen molar-refractivity contribution in [2.24, 2.45) is 0 Å². The lowest BCUT2D eigenvalue weighted by atomic mass is 10.0. The summed E-state index contributed by atoms with van der Waals surface area (Å²) < 4.78 is 15.0. The molecule has 0 aliphatic carbocycles. The van der Waals surface area contributed by atoms with Crippen LogP contribution in [0.25, 0.3) is 83.1 Å². The highest BCUT2D eigenvalue weighted by atomic mass is 16.3. The maximum atomic E-state index is 6.38. The molecule has 0 atom stereocenters. The highest BCUT2D eigenvalue weighted by Gasteiger charge is 2.23. The molecule has 0 N–H and O–H groups in total. The molecule has 11 aromatic rings. The van der Waals surface area contributed by atoms with Crippen molar-refractivity contribution in [3.63, 3.8) is 0 Å². The van der Waals surface area contributed by atoms with Crippen molar-refractivity contribution < 1.29 is 8.83 Å². The number of anilines is 3. The van der Waals surface area contributed by atoms with Crippen LogP contribution >= 0.6 is 0 Å². The quantitative estimate of drug-likeness (QED) is 0.174. The Labute approximate surface area is 310 Å². The van der Waals surface area contributed by atoms with Gasteiger partial charge in [-0.1, -0.05) is 109 Å². The SMILES string of the molecule is c1ccc(-c2ccccc2N(c2ccc3oc4ccccc4c3c2)c2ccc3c4c(-c5nc6ccccc6o5)cccc4n(-c4ccccc4)c3c2)cc1. The monoisotopic (exact) mass is 693 g/mol. The topological polar surface area (TPSA) is 47.3 Å². The second-order valence-corrected chi connectivity index (χ2v) is 13.6. The number of hydrogen-bond donors (Lipinski definition) is 0. The van der Waals surface area contributed by atoms with Crippen LogP contribution in [-0.2, 0) is 0 Å². The summed E-state index contributed by atoms with van der Waals surface area (Å²) in [6.07, 6.45) is 0. The van der Waals surface area contributed by atoms with Crippen molar-refractivity contribution in [3.8, 4) is 28.3 Å². The first kappa shape index (κ1) is 30.3. The van der Waals surface area contributed by atoms with Gasteiger partial charge in [-0.25, -0.2) is 4.98 Å². The van der Waals surface area contributed by atoms with E-state index in [2.05, 4.69) is 161 Å². The number of furan rings is 1. The van der Waals surface area contributed by atoms with Crippen LogP contribution in [0.1, 0.15) is 0 Å².